The molecular formula is C25H26ClN9O4. The smallest absolute Gasteiger partial charge is 0.292 e. The van der Waals surface area contributed by atoms with Crippen molar-refractivity contribution in [2.75, 3.05) is 32.0 Å². The van der Waals surface area contributed by atoms with Crippen molar-refractivity contribution in [1.82, 2.24) is 35.6 Å². The van der Waals surface area contributed by atoms with E-state index >= 15 is 0 Å². The molecule has 1 amide bonds. The summed E-state index contributed by atoms with van der Waals surface area (Å²) in [5.41, 5.74) is 11.3. The molecule has 3 N–H and O–H groups in total. The molecule has 1 fully saturated rings. The maximum Gasteiger partial charge on any atom is 0.292 e. The number of carbonyl (C=O) groups is 1. The first-order valence-electron chi connectivity index (χ1n) is 12.1. The summed E-state index contributed by atoms with van der Waals surface area (Å²) in [6.07, 6.45) is 0. The van der Waals surface area contributed by atoms with Gasteiger partial charge in [0.2, 0.25) is 11.6 Å². The first-order chi connectivity index (χ1) is 19.0. The Hall–Kier alpha value is -4.33. The van der Waals surface area contributed by atoms with Gasteiger partial charge in [-0.25, -0.2) is 10.1 Å². The van der Waals surface area contributed by atoms with Crippen LogP contribution in [0, 0.1) is 0 Å². The fourth-order valence-electron chi connectivity index (χ4n) is 3.92. The number of aromatic nitrogens is 5. The van der Waals surface area contributed by atoms with Crippen LogP contribution in [0.4, 0.5) is 5.82 Å². The summed E-state index contributed by atoms with van der Waals surface area (Å²) in [6, 6.07) is 14.9. The standard InChI is InChI=1S/C25H26ClN9O4/c1-16(17-6-8-19(9-7-17)38-15-18-4-2-3-5-20(18)26)28-30-25(36)22-21(14-34-10-12-37-13-11-34)29-33-35(22)24-23(27)31-39-32-24/h2-9H,10-15H2,1H3,(H2,27,31)(H,30,36)/b28-16-. The third-order valence-electron chi connectivity index (χ3n) is 6.08. The Labute approximate surface area is 228 Å². The second-order valence-corrected chi connectivity index (χ2v) is 9.11. The van der Waals surface area contributed by atoms with Gasteiger partial charge < -0.3 is 15.2 Å². The van der Waals surface area contributed by atoms with Crippen LogP contribution in [0.2, 0.25) is 5.02 Å². The number of ether oxygens (including phenoxy) is 2. The lowest BCUT2D eigenvalue weighted by molar-refractivity contribution is 0.0335. The van der Waals surface area contributed by atoms with E-state index in [0.717, 1.165) is 11.1 Å². The van der Waals surface area contributed by atoms with Crippen molar-refractivity contribution in [2.24, 2.45) is 5.10 Å². The first kappa shape index (κ1) is 26.3. The average molecular weight is 552 g/mol. The van der Waals surface area contributed by atoms with E-state index in [-0.39, 0.29) is 17.3 Å². The maximum absolute atomic E-state index is 13.3. The largest absolute Gasteiger partial charge is 0.489 e. The number of hydrogen-bond acceptors (Lipinski definition) is 11. The lowest BCUT2D eigenvalue weighted by Gasteiger charge is -2.25. The van der Waals surface area contributed by atoms with Crippen LogP contribution in [-0.4, -0.2) is 68.1 Å². The summed E-state index contributed by atoms with van der Waals surface area (Å²) in [5.74, 6) is 0.180. The number of carbonyl (C=O) groups excluding carboxylic acids is 1. The van der Waals surface area contributed by atoms with Gasteiger partial charge in [-0.1, -0.05) is 35.0 Å². The van der Waals surface area contributed by atoms with Gasteiger partial charge >= 0.3 is 0 Å². The van der Waals surface area contributed by atoms with Crippen LogP contribution in [0.5, 0.6) is 5.75 Å². The van der Waals surface area contributed by atoms with Crippen LogP contribution in [0.15, 0.2) is 58.3 Å². The SMILES string of the molecule is C/C(=N/NC(=O)c1c(CN2CCOCC2)nnn1-c1nonc1N)c1ccc(OCc2ccccc2Cl)cc1. The Morgan fingerprint density at radius 2 is 1.92 bits per heavy atom. The Bertz CT molecular complexity index is 1460. The van der Waals surface area contributed by atoms with Gasteiger partial charge in [0.25, 0.3) is 5.91 Å². The number of halogens is 1. The predicted octanol–water partition coefficient (Wildman–Crippen LogP) is 2.45. The number of hydrogen-bond donors (Lipinski definition) is 2. The minimum atomic E-state index is -0.537. The molecule has 1 saturated heterocycles. The Balaban J connectivity index is 1.29. The van der Waals surface area contributed by atoms with Crippen LogP contribution in [0.25, 0.3) is 5.82 Å². The lowest BCUT2D eigenvalue weighted by Crippen LogP contribution is -2.36. The number of rotatable bonds is 9. The average Bonchev–Trinajstić information content (AvgIpc) is 3.57. The number of hydrazone groups is 1. The van der Waals surface area contributed by atoms with E-state index in [0.29, 0.717) is 61.6 Å². The van der Waals surface area contributed by atoms with Gasteiger partial charge in [-0.15, -0.1) is 5.10 Å². The van der Waals surface area contributed by atoms with E-state index < -0.39 is 5.91 Å². The van der Waals surface area contributed by atoms with Crippen LogP contribution in [-0.2, 0) is 17.9 Å². The molecule has 5 rings (SSSR count). The zero-order valence-electron chi connectivity index (χ0n) is 21.1. The van der Waals surface area contributed by atoms with Crippen molar-refractivity contribution < 1.29 is 18.9 Å². The van der Waals surface area contributed by atoms with Crippen molar-refractivity contribution in [2.45, 2.75) is 20.1 Å². The van der Waals surface area contributed by atoms with Gasteiger partial charge in [-0.05, 0) is 53.1 Å². The molecule has 39 heavy (non-hydrogen) atoms. The quantitative estimate of drug-likeness (QED) is 0.234. The van der Waals surface area contributed by atoms with Crippen molar-refractivity contribution in [3.05, 3.63) is 76.1 Å². The highest BCUT2D eigenvalue weighted by atomic mass is 35.5. The molecule has 1 aliphatic heterocycles. The molecule has 0 bridgehead atoms. The Morgan fingerprint density at radius 3 is 2.64 bits per heavy atom. The highest BCUT2D eigenvalue weighted by molar-refractivity contribution is 6.31. The summed E-state index contributed by atoms with van der Waals surface area (Å²) >= 11 is 6.20. The van der Waals surface area contributed by atoms with E-state index in [4.69, 9.17) is 31.4 Å². The van der Waals surface area contributed by atoms with Gasteiger partial charge in [-0.3, -0.25) is 9.69 Å². The molecule has 2 aromatic heterocycles. The number of nitrogens with two attached hydrogens (primary N) is 1. The van der Waals surface area contributed by atoms with Gasteiger partial charge in [0.15, 0.2) is 5.69 Å². The zero-order valence-corrected chi connectivity index (χ0v) is 21.8. The fraction of sp³-hybridized carbons (Fsp3) is 0.280. The molecule has 13 nitrogen and oxygen atoms in total. The molecule has 4 aromatic rings. The lowest BCUT2D eigenvalue weighted by atomic mass is 10.1. The molecule has 3 heterocycles. The fourth-order valence-corrected chi connectivity index (χ4v) is 4.12. The van der Waals surface area contributed by atoms with Crippen LogP contribution in [0.3, 0.4) is 0 Å². The van der Waals surface area contributed by atoms with E-state index in [1.165, 1.54) is 4.68 Å². The Kier molecular flexibility index (Phi) is 8.10. The van der Waals surface area contributed by atoms with Crippen LogP contribution < -0.4 is 15.9 Å². The second kappa shape index (κ2) is 12.0. The van der Waals surface area contributed by atoms with Crippen molar-refractivity contribution in [1.29, 1.82) is 0 Å². The molecule has 0 spiro atoms. The highest BCUT2D eigenvalue weighted by Crippen LogP contribution is 2.20. The molecule has 2 aromatic carbocycles. The van der Waals surface area contributed by atoms with E-state index in [1.54, 1.807) is 6.92 Å². The van der Waals surface area contributed by atoms with E-state index in [9.17, 15) is 4.79 Å². The molecule has 14 heteroatoms. The van der Waals surface area contributed by atoms with E-state index in [1.807, 2.05) is 48.5 Å². The summed E-state index contributed by atoms with van der Waals surface area (Å²) in [6.45, 7) is 5.13. The minimum absolute atomic E-state index is 0.0246. The summed E-state index contributed by atoms with van der Waals surface area (Å²) in [4.78, 5) is 15.4. The maximum atomic E-state index is 13.3. The molecule has 0 radical (unpaired) electrons. The van der Waals surface area contributed by atoms with Crippen molar-refractivity contribution in [3.63, 3.8) is 0 Å². The van der Waals surface area contributed by atoms with Gasteiger partial charge in [0.05, 0.1) is 18.9 Å². The topological polar surface area (TPSA) is 159 Å². The van der Waals surface area contributed by atoms with Crippen molar-refractivity contribution in [3.8, 4) is 11.6 Å². The predicted molar refractivity (Wildman–Crippen MR) is 142 cm³/mol. The first-order valence-corrected chi connectivity index (χ1v) is 12.5. The van der Waals surface area contributed by atoms with Crippen molar-refractivity contribution >= 4 is 29.0 Å². The molecular weight excluding hydrogens is 526 g/mol. The minimum Gasteiger partial charge on any atom is -0.489 e. The van der Waals surface area contributed by atoms with E-state index in [2.05, 4.69) is 36.1 Å². The third-order valence-corrected chi connectivity index (χ3v) is 6.45. The highest BCUT2D eigenvalue weighted by Gasteiger charge is 2.26. The van der Waals surface area contributed by atoms with Crippen LogP contribution >= 0.6 is 11.6 Å². The zero-order chi connectivity index (χ0) is 27.2. The van der Waals surface area contributed by atoms with Gasteiger partial charge in [0.1, 0.15) is 18.1 Å². The molecule has 0 saturated carbocycles. The van der Waals surface area contributed by atoms with Crippen LogP contribution in [0.1, 0.15) is 34.2 Å². The normalized spacial score (nSPS) is 14.4. The molecule has 1 aliphatic rings. The third kappa shape index (κ3) is 6.22. The monoisotopic (exact) mass is 551 g/mol. The Morgan fingerprint density at radius 1 is 1.15 bits per heavy atom. The molecule has 0 aliphatic carbocycles. The summed E-state index contributed by atoms with van der Waals surface area (Å²) in [7, 11) is 0. The number of nitrogens with zero attached hydrogens (tertiary/aromatic N) is 7. The number of nitrogen functional groups attached to an aromatic ring is 1. The number of morpholine rings is 1. The molecule has 0 unspecified atom stereocenters. The number of benzene rings is 2. The number of anilines is 1. The molecule has 202 valence electrons. The summed E-state index contributed by atoms with van der Waals surface area (Å²) < 4.78 is 17.1. The molecule has 0 atom stereocenters. The second-order valence-electron chi connectivity index (χ2n) is 8.70. The number of nitrogens with one attached hydrogen (secondary N) is 1. The van der Waals surface area contributed by atoms with Gasteiger partial charge in [0, 0.05) is 30.2 Å². The van der Waals surface area contributed by atoms with Gasteiger partial charge in [-0.2, -0.15) is 9.78 Å². The summed E-state index contributed by atoms with van der Waals surface area (Å²) in [5, 5.41) is 20.6. The number of amides is 1.